The van der Waals surface area contributed by atoms with Crippen LogP contribution in [-0.4, -0.2) is 73.5 Å². The van der Waals surface area contributed by atoms with Crippen molar-refractivity contribution in [3.05, 3.63) is 29.8 Å². The Labute approximate surface area is 163 Å². The van der Waals surface area contributed by atoms with Crippen molar-refractivity contribution < 1.29 is 9.53 Å². The second kappa shape index (κ2) is 7.80. The van der Waals surface area contributed by atoms with E-state index in [4.69, 9.17) is 4.74 Å². The molecule has 1 spiro atoms. The Bertz CT molecular complexity index is 669. The van der Waals surface area contributed by atoms with Crippen molar-refractivity contribution in [1.82, 2.24) is 14.7 Å². The summed E-state index contributed by atoms with van der Waals surface area (Å²) in [6, 6.07) is 8.77. The van der Waals surface area contributed by atoms with Gasteiger partial charge < -0.3 is 14.5 Å². The standard InChI is InChI=1S/C22H33N3O2/c1-23-12-8-19(16-23)25-17-22(9-7-21(25)26)10-13-24(14-11-22)15-18-5-3-4-6-20(18)27-2/h3-6,19H,7-17H2,1-2H3/t19-/m1/s1. The molecule has 3 saturated heterocycles. The smallest absolute Gasteiger partial charge is 0.222 e. The van der Waals surface area contributed by atoms with Gasteiger partial charge in [-0.2, -0.15) is 0 Å². The predicted molar refractivity (Wildman–Crippen MR) is 107 cm³/mol. The molecule has 3 aliphatic heterocycles. The average Bonchev–Trinajstić information content (AvgIpc) is 3.12. The molecule has 0 radical (unpaired) electrons. The lowest BCUT2D eigenvalue weighted by atomic mass is 9.72. The number of likely N-dealkylation sites (tertiary alicyclic amines) is 3. The molecule has 1 amide bonds. The van der Waals surface area contributed by atoms with Crippen LogP contribution in [0.5, 0.6) is 5.75 Å². The molecule has 0 bridgehead atoms. The van der Waals surface area contributed by atoms with Gasteiger partial charge in [-0.3, -0.25) is 9.69 Å². The molecule has 1 atom stereocenters. The number of carbonyl (C=O) groups excluding carboxylic acids is 1. The highest BCUT2D eigenvalue weighted by molar-refractivity contribution is 5.77. The van der Waals surface area contributed by atoms with E-state index >= 15 is 0 Å². The van der Waals surface area contributed by atoms with Crippen LogP contribution in [0, 0.1) is 5.41 Å². The number of methoxy groups -OCH3 is 1. The Balaban J connectivity index is 1.37. The first-order valence-corrected chi connectivity index (χ1v) is 10.4. The Morgan fingerprint density at radius 2 is 1.93 bits per heavy atom. The third kappa shape index (κ3) is 3.99. The van der Waals surface area contributed by atoms with Crippen LogP contribution in [0.1, 0.15) is 37.7 Å². The summed E-state index contributed by atoms with van der Waals surface area (Å²) < 4.78 is 5.51. The number of piperidine rings is 2. The van der Waals surface area contributed by atoms with Crippen LogP contribution in [0.3, 0.4) is 0 Å². The number of para-hydroxylation sites is 1. The fraction of sp³-hybridized carbons (Fsp3) is 0.682. The van der Waals surface area contributed by atoms with E-state index in [0.717, 1.165) is 64.3 Å². The fourth-order valence-electron chi connectivity index (χ4n) is 5.21. The summed E-state index contributed by atoms with van der Waals surface area (Å²) in [5.41, 5.74) is 1.61. The lowest BCUT2D eigenvalue weighted by molar-refractivity contribution is -0.142. The summed E-state index contributed by atoms with van der Waals surface area (Å²) in [6.07, 6.45) is 5.36. The van der Waals surface area contributed by atoms with E-state index in [-0.39, 0.29) is 0 Å². The maximum absolute atomic E-state index is 12.6. The Morgan fingerprint density at radius 3 is 2.63 bits per heavy atom. The number of hydrogen-bond acceptors (Lipinski definition) is 4. The van der Waals surface area contributed by atoms with Gasteiger partial charge >= 0.3 is 0 Å². The van der Waals surface area contributed by atoms with Crippen LogP contribution in [0.2, 0.25) is 0 Å². The first-order valence-electron chi connectivity index (χ1n) is 10.4. The summed E-state index contributed by atoms with van der Waals surface area (Å²) in [5.74, 6) is 1.37. The van der Waals surface area contributed by atoms with E-state index in [0.29, 0.717) is 17.4 Å². The molecule has 0 aromatic heterocycles. The molecule has 1 aromatic rings. The number of benzene rings is 1. The predicted octanol–water partition coefficient (Wildman–Crippen LogP) is 2.60. The van der Waals surface area contributed by atoms with Crippen LogP contribution in [-0.2, 0) is 11.3 Å². The molecule has 3 aliphatic rings. The Hall–Kier alpha value is -1.59. The average molecular weight is 372 g/mol. The third-order valence-electron chi connectivity index (χ3n) is 7.01. The Morgan fingerprint density at radius 1 is 1.15 bits per heavy atom. The lowest BCUT2D eigenvalue weighted by Gasteiger charge is -2.49. The molecule has 0 aliphatic carbocycles. The molecule has 3 fully saturated rings. The minimum atomic E-state index is 0.340. The van der Waals surface area contributed by atoms with Gasteiger partial charge in [-0.1, -0.05) is 18.2 Å². The van der Waals surface area contributed by atoms with E-state index in [2.05, 4.69) is 33.9 Å². The third-order valence-corrected chi connectivity index (χ3v) is 7.01. The fourth-order valence-corrected chi connectivity index (χ4v) is 5.21. The van der Waals surface area contributed by atoms with Gasteiger partial charge in [0, 0.05) is 37.7 Å². The van der Waals surface area contributed by atoms with Gasteiger partial charge in [0.1, 0.15) is 5.75 Å². The van der Waals surface area contributed by atoms with Crippen LogP contribution in [0.25, 0.3) is 0 Å². The van der Waals surface area contributed by atoms with Crippen LogP contribution >= 0.6 is 0 Å². The summed E-state index contributed by atoms with van der Waals surface area (Å²) in [5, 5.41) is 0. The van der Waals surface area contributed by atoms with Crippen molar-refractivity contribution in [1.29, 1.82) is 0 Å². The van der Waals surface area contributed by atoms with Crippen molar-refractivity contribution in [2.24, 2.45) is 5.41 Å². The zero-order valence-electron chi connectivity index (χ0n) is 16.8. The molecular formula is C22H33N3O2. The van der Waals surface area contributed by atoms with Crippen molar-refractivity contribution >= 4 is 5.91 Å². The highest BCUT2D eigenvalue weighted by Crippen LogP contribution is 2.41. The number of hydrogen-bond donors (Lipinski definition) is 0. The van der Waals surface area contributed by atoms with E-state index < -0.39 is 0 Å². The van der Waals surface area contributed by atoms with Crippen molar-refractivity contribution in [2.45, 2.75) is 44.7 Å². The summed E-state index contributed by atoms with van der Waals surface area (Å²) >= 11 is 0. The maximum Gasteiger partial charge on any atom is 0.222 e. The molecule has 1 aromatic carbocycles. The monoisotopic (exact) mass is 371 g/mol. The number of likely N-dealkylation sites (N-methyl/N-ethyl adjacent to an activating group) is 1. The van der Waals surface area contributed by atoms with E-state index in [1.54, 1.807) is 7.11 Å². The number of rotatable bonds is 4. The van der Waals surface area contributed by atoms with Gasteiger partial charge in [0.05, 0.1) is 7.11 Å². The molecule has 27 heavy (non-hydrogen) atoms. The van der Waals surface area contributed by atoms with E-state index in [1.165, 1.54) is 18.4 Å². The maximum atomic E-state index is 12.6. The zero-order chi connectivity index (χ0) is 18.9. The van der Waals surface area contributed by atoms with Gasteiger partial charge in [-0.05, 0) is 63.8 Å². The molecular weight excluding hydrogens is 338 g/mol. The van der Waals surface area contributed by atoms with Crippen LogP contribution < -0.4 is 4.74 Å². The highest BCUT2D eigenvalue weighted by Gasteiger charge is 2.43. The lowest BCUT2D eigenvalue weighted by Crippen LogP contribution is -2.54. The van der Waals surface area contributed by atoms with Gasteiger partial charge in [-0.15, -0.1) is 0 Å². The van der Waals surface area contributed by atoms with Crippen LogP contribution in [0.15, 0.2) is 24.3 Å². The molecule has 0 saturated carbocycles. The molecule has 0 unspecified atom stereocenters. The van der Waals surface area contributed by atoms with Gasteiger partial charge in [-0.25, -0.2) is 0 Å². The molecule has 3 heterocycles. The number of carbonyl (C=O) groups is 1. The van der Waals surface area contributed by atoms with E-state index in [9.17, 15) is 4.79 Å². The van der Waals surface area contributed by atoms with Crippen molar-refractivity contribution in [3.63, 3.8) is 0 Å². The van der Waals surface area contributed by atoms with Gasteiger partial charge in [0.25, 0.3) is 0 Å². The largest absolute Gasteiger partial charge is 0.496 e. The highest BCUT2D eigenvalue weighted by atomic mass is 16.5. The summed E-state index contributed by atoms with van der Waals surface area (Å²) in [7, 11) is 3.92. The van der Waals surface area contributed by atoms with E-state index in [1.807, 2.05) is 12.1 Å². The molecule has 0 N–H and O–H groups in total. The molecule has 4 rings (SSSR count). The summed E-state index contributed by atoms with van der Waals surface area (Å²) in [6.45, 7) is 6.33. The zero-order valence-corrected chi connectivity index (χ0v) is 16.8. The summed E-state index contributed by atoms with van der Waals surface area (Å²) in [4.78, 5) is 19.7. The second-order valence-electron chi connectivity index (χ2n) is 8.81. The van der Waals surface area contributed by atoms with Gasteiger partial charge in [0.2, 0.25) is 5.91 Å². The number of amides is 1. The Kier molecular flexibility index (Phi) is 5.42. The van der Waals surface area contributed by atoms with Crippen molar-refractivity contribution in [2.75, 3.05) is 46.9 Å². The molecule has 5 heteroatoms. The minimum Gasteiger partial charge on any atom is -0.496 e. The van der Waals surface area contributed by atoms with Crippen LogP contribution in [0.4, 0.5) is 0 Å². The normalized spacial score (nSPS) is 26.7. The van der Waals surface area contributed by atoms with Gasteiger partial charge in [0.15, 0.2) is 0 Å². The quantitative estimate of drug-likeness (QED) is 0.815. The topological polar surface area (TPSA) is 36.0 Å². The second-order valence-corrected chi connectivity index (χ2v) is 8.81. The SMILES string of the molecule is COc1ccccc1CN1CCC2(CCC(=O)N([C@@H]3CCN(C)C3)C2)CC1. The number of ether oxygens (including phenoxy) is 1. The number of nitrogens with zero attached hydrogens (tertiary/aromatic N) is 3. The molecule has 148 valence electrons. The van der Waals surface area contributed by atoms with Crippen molar-refractivity contribution in [3.8, 4) is 5.75 Å². The first kappa shape index (κ1) is 18.8. The minimum absolute atomic E-state index is 0.340. The first-order chi connectivity index (χ1) is 13.1. The molecule has 5 nitrogen and oxygen atoms in total.